The van der Waals surface area contributed by atoms with Crippen LogP contribution in [0.1, 0.15) is 12.5 Å². The van der Waals surface area contributed by atoms with Crippen LogP contribution in [0.3, 0.4) is 0 Å². The molecule has 0 saturated carbocycles. The third kappa shape index (κ3) is 5.59. The Hall–Kier alpha value is -2.90. The smallest absolute Gasteiger partial charge is 0.418 e. The Balaban J connectivity index is 1.85. The molecule has 25 heavy (non-hydrogen) atoms. The van der Waals surface area contributed by atoms with Crippen LogP contribution < -0.4 is 20.3 Å². The highest BCUT2D eigenvalue weighted by atomic mass is 19.4. The van der Waals surface area contributed by atoms with Crippen LogP contribution in [-0.2, 0) is 11.0 Å². The zero-order valence-corrected chi connectivity index (χ0v) is 13.4. The zero-order valence-electron chi connectivity index (χ0n) is 13.4. The van der Waals surface area contributed by atoms with Crippen molar-refractivity contribution in [1.29, 1.82) is 0 Å². The monoisotopic (exact) mass is 354 g/mol. The van der Waals surface area contributed by atoms with Gasteiger partial charge in [0, 0.05) is 0 Å². The van der Waals surface area contributed by atoms with Crippen LogP contribution in [0, 0.1) is 0 Å². The quantitative estimate of drug-likeness (QED) is 0.746. The van der Waals surface area contributed by atoms with Gasteiger partial charge < -0.3 is 9.47 Å². The minimum atomic E-state index is -4.52. The molecular weight excluding hydrogens is 337 g/mol. The lowest BCUT2D eigenvalue weighted by Gasteiger charge is -2.15. The Bertz CT molecular complexity index is 703. The molecule has 1 amide bonds. The zero-order chi connectivity index (χ0) is 18.3. The molecule has 134 valence electrons. The standard InChI is InChI=1S/C17H17F3N2O3/c1-2-24-12-7-9-13(10-8-12)25-11-16(23)22-21-15-6-4-3-5-14(15)17(18,19)20/h3-10,21H,2,11H2,1H3,(H,22,23). The molecule has 2 rings (SSSR count). The largest absolute Gasteiger partial charge is 0.494 e. The second kappa shape index (κ2) is 8.27. The molecule has 0 aliphatic carbocycles. The summed E-state index contributed by atoms with van der Waals surface area (Å²) in [5.41, 5.74) is 3.32. The maximum absolute atomic E-state index is 12.8. The number of ether oxygens (including phenoxy) is 2. The average molecular weight is 354 g/mol. The van der Waals surface area contributed by atoms with Crippen LogP contribution in [0.2, 0.25) is 0 Å². The molecule has 0 heterocycles. The number of carbonyl (C=O) groups excluding carboxylic acids is 1. The summed E-state index contributed by atoms with van der Waals surface area (Å²) in [5.74, 6) is 0.491. The number of amides is 1. The Morgan fingerprint density at radius 3 is 2.20 bits per heavy atom. The van der Waals surface area contributed by atoms with E-state index >= 15 is 0 Å². The van der Waals surface area contributed by atoms with Crippen LogP contribution in [0.4, 0.5) is 18.9 Å². The van der Waals surface area contributed by atoms with Crippen molar-refractivity contribution >= 4 is 11.6 Å². The maximum atomic E-state index is 12.8. The number of nitrogens with one attached hydrogen (secondary N) is 2. The minimum Gasteiger partial charge on any atom is -0.494 e. The molecule has 5 nitrogen and oxygen atoms in total. The molecule has 0 unspecified atom stereocenters. The SMILES string of the molecule is CCOc1ccc(OCC(=O)NNc2ccccc2C(F)(F)F)cc1. The number of alkyl halides is 3. The molecule has 2 aromatic carbocycles. The summed E-state index contributed by atoms with van der Waals surface area (Å²) in [5, 5.41) is 0. The van der Waals surface area contributed by atoms with Crippen molar-refractivity contribution in [3.8, 4) is 11.5 Å². The molecular formula is C17H17F3N2O3. The number of halogens is 3. The van der Waals surface area contributed by atoms with E-state index in [0.717, 1.165) is 6.07 Å². The van der Waals surface area contributed by atoms with Crippen molar-refractivity contribution in [1.82, 2.24) is 5.43 Å². The fraction of sp³-hybridized carbons (Fsp3) is 0.235. The molecule has 0 aliphatic heterocycles. The number of rotatable bonds is 7. The molecule has 2 aromatic rings. The lowest BCUT2D eigenvalue weighted by atomic mass is 10.2. The van der Waals surface area contributed by atoms with E-state index in [4.69, 9.17) is 9.47 Å². The fourth-order valence-electron chi connectivity index (χ4n) is 1.96. The van der Waals surface area contributed by atoms with Gasteiger partial charge in [0.05, 0.1) is 17.9 Å². The summed E-state index contributed by atoms with van der Waals surface area (Å²) < 4.78 is 49.1. The Morgan fingerprint density at radius 1 is 1.00 bits per heavy atom. The number of hydrazine groups is 1. The van der Waals surface area contributed by atoms with Gasteiger partial charge in [-0.15, -0.1) is 0 Å². The molecule has 2 N–H and O–H groups in total. The number of anilines is 1. The van der Waals surface area contributed by atoms with Crippen molar-refractivity contribution in [3.63, 3.8) is 0 Å². The Kier molecular flexibility index (Phi) is 6.10. The van der Waals surface area contributed by atoms with E-state index in [1.165, 1.54) is 18.2 Å². The minimum absolute atomic E-state index is 0.246. The van der Waals surface area contributed by atoms with Gasteiger partial charge in [0.25, 0.3) is 5.91 Å². The number of para-hydroxylation sites is 1. The topological polar surface area (TPSA) is 59.6 Å². The molecule has 8 heteroatoms. The first kappa shape index (κ1) is 18.4. The van der Waals surface area contributed by atoms with Crippen LogP contribution in [0.5, 0.6) is 11.5 Å². The summed E-state index contributed by atoms with van der Waals surface area (Å²) in [6, 6.07) is 11.5. The van der Waals surface area contributed by atoms with Gasteiger partial charge in [0.1, 0.15) is 11.5 Å². The number of benzene rings is 2. The third-order valence-corrected chi connectivity index (χ3v) is 3.07. The van der Waals surface area contributed by atoms with Crippen molar-refractivity contribution in [2.45, 2.75) is 13.1 Å². The van der Waals surface area contributed by atoms with E-state index in [9.17, 15) is 18.0 Å². The third-order valence-electron chi connectivity index (χ3n) is 3.07. The molecule has 0 aromatic heterocycles. The second-order valence-electron chi connectivity index (χ2n) is 4.91. The molecule has 0 spiro atoms. The summed E-state index contributed by atoms with van der Waals surface area (Å²) in [6.07, 6.45) is -4.52. The average Bonchev–Trinajstić information content (AvgIpc) is 2.59. The molecule has 0 fully saturated rings. The summed E-state index contributed by atoms with van der Waals surface area (Å²) >= 11 is 0. The van der Waals surface area contributed by atoms with Gasteiger partial charge in [-0.05, 0) is 43.3 Å². The summed E-state index contributed by atoms with van der Waals surface area (Å²) in [6.45, 7) is 2.04. The van der Waals surface area contributed by atoms with Gasteiger partial charge in [-0.3, -0.25) is 15.6 Å². The molecule has 0 radical (unpaired) electrons. The Morgan fingerprint density at radius 2 is 1.60 bits per heavy atom. The molecule has 0 aliphatic rings. The highest BCUT2D eigenvalue weighted by Crippen LogP contribution is 2.34. The van der Waals surface area contributed by atoms with Crippen molar-refractivity contribution in [2.24, 2.45) is 0 Å². The van der Waals surface area contributed by atoms with Gasteiger partial charge >= 0.3 is 6.18 Å². The van der Waals surface area contributed by atoms with Crippen molar-refractivity contribution in [3.05, 3.63) is 54.1 Å². The number of carbonyl (C=O) groups is 1. The van der Waals surface area contributed by atoms with Crippen molar-refractivity contribution in [2.75, 3.05) is 18.6 Å². The number of hydrogen-bond donors (Lipinski definition) is 2. The first-order valence-electron chi connectivity index (χ1n) is 7.47. The molecule has 0 saturated heterocycles. The molecule has 0 bridgehead atoms. The second-order valence-corrected chi connectivity index (χ2v) is 4.91. The van der Waals surface area contributed by atoms with Gasteiger partial charge in [0.15, 0.2) is 6.61 Å². The maximum Gasteiger partial charge on any atom is 0.418 e. The first-order chi connectivity index (χ1) is 11.9. The summed E-state index contributed by atoms with van der Waals surface area (Å²) in [4.78, 5) is 11.7. The van der Waals surface area contributed by atoms with E-state index in [0.29, 0.717) is 18.1 Å². The highest BCUT2D eigenvalue weighted by molar-refractivity contribution is 5.79. The lowest BCUT2D eigenvalue weighted by molar-refractivity contribution is -0.137. The van der Waals surface area contributed by atoms with E-state index in [-0.39, 0.29) is 12.3 Å². The predicted molar refractivity (Wildman–Crippen MR) is 86.3 cm³/mol. The van der Waals surface area contributed by atoms with Crippen LogP contribution in [-0.4, -0.2) is 19.1 Å². The normalized spacial score (nSPS) is 10.9. The van der Waals surface area contributed by atoms with Gasteiger partial charge in [-0.25, -0.2) is 0 Å². The summed E-state index contributed by atoms with van der Waals surface area (Å²) in [7, 11) is 0. The van der Waals surface area contributed by atoms with Crippen LogP contribution in [0.15, 0.2) is 48.5 Å². The van der Waals surface area contributed by atoms with Gasteiger partial charge in [-0.2, -0.15) is 13.2 Å². The van der Waals surface area contributed by atoms with Crippen molar-refractivity contribution < 1.29 is 27.4 Å². The molecule has 0 atom stereocenters. The lowest BCUT2D eigenvalue weighted by Crippen LogP contribution is -2.34. The van der Waals surface area contributed by atoms with Gasteiger partial charge in [-0.1, -0.05) is 12.1 Å². The van der Waals surface area contributed by atoms with Crippen LogP contribution in [0.25, 0.3) is 0 Å². The van der Waals surface area contributed by atoms with E-state index in [1.807, 2.05) is 6.92 Å². The Labute approximate surface area is 142 Å². The number of hydrogen-bond acceptors (Lipinski definition) is 4. The van der Waals surface area contributed by atoms with E-state index in [2.05, 4.69) is 10.9 Å². The van der Waals surface area contributed by atoms with Gasteiger partial charge in [0.2, 0.25) is 0 Å². The fourth-order valence-corrected chi connectivity index (χ4v) is 1.96. The first-order valence-corrected chi connectivity index (χ1v) is 7.47. The van der Waals surface area contributed by atoms with E-state index < -0.39 is 17.6 Å². The highest BCUT2D eigenvalue weighted by Gasteiger charge is 2.33. The van der Waals surface area contributed by atoms with Crippen LogP contribution >= 0.6 is 0 Å². The van der Waals surface area contributed by atoms with E-state index in [1.54, 1.807) is 24.3 Å². The predicted octanol–water partition coefficient (Wildman–Crippen LogP) is 3.63.